The van der Waals surface area contributed by atoms with Gasteiger partial charge in [-0.1, -0.05) is 12.1 Å². The van der Waals surface area contributed by atoms with E-state index in [1.54, 1.807) is 24.4 Å². The van der Waals surface area contributed by atoms with Crippen molar-refractivity contribution in [2.75, 3.05) is 12.0 Å². The van der Waals surface area contributed by atoms with Gasteiger partial charge in [0.25, 0.3) is 5.91 Å². The Morgan fingerprint density at radius 3 is 2.71 bits per heavy atom. The number of rotatable bonds is 4. The van der Waals surface area contributed by atoms with E-state index in [9.17, 15) is 9.59 Å². The van der Waals surface area contributed by atoms with E-state index in [0.29, 0.717) is 11.3 Å². The van der Waals surface area contributed by atoms with Gasteiger partial charge in [0, 0.05) is 18.1 Å². The van der Waals surface area contributed by atoms with E-state index in [1.165, 1.54) is 6.20 Å². The van der Waals surface area contributed by atoms with Gasteiger partial charge in [0.2, 0.25) is 0 Å². The van der Waals surface area contributed by atoms with Crippen LogP contribution in [0.15, 0.2) is 48.8 Å². The van der Waals surface area contributed by atoms with Crippen LogP contribution in [0.2, 0.25) is 0 Å². The first kappa shape index (κ1) is 14.5. The highest BCUT2D eigenvalue weighted by Gasteiger charge is 2.05. The van der Waals surface area contributed by atoms with Crippen molar-refractivity contribution in [1.29, 1.82) is 0 Å². The number of nitrogens with one attached hydrogen (secondary N) is 3. The van der Waals surface area contributed by atoms with Crippen LogP contribution in [0.4, 0.5) is 10.5 Å². The molecule has 0 spiro atoms. The SMILES string of the molecule is Cc1cccc(NC(=O)NCNC(=O)c2cccnc2)c1. The molecule has 0 aliphatic heterocycles. The summed E-state index contributed by atoms with van der Waals surface area (Å²) < 4.78 is 0. The van der Waals surface area contributed by atoms with Gasteiger partial charge in [-0.3, -0.25) is 9.78 Å². The second kappa shape index (κ2) is 7.04. The topological polar surface area (TPSA) is 83.1 Å². The Hall–Kier alpha value is -2.89. The lowest BCUT2D eigenvalue weighted by Gasteiger charge is -2.09. The maximum Gasteiger partial charge on any atom is 0.320 e. The molecule has 1 aromatic heterocycles. The third-order valence-electron chi connectivity index (χ3n) is 2.70. The van der Waals surface area contributed by atoms with Crippen LogP contribution < -0.4 is 16.0 Å². The molecule has 0 atom stereocenters. The molecule has 1 aromatic carbocycles. The number of hydrogen-bond donors (Lipinski definition) is 3. The highest BCUT2D eigenvalue weighted by molar-refractivity contribution is 5.94. The highest BCUT2D eigenvalue weighted by atomic mass is 16.2. The van der Waals surface area contributed by atoms with E-state index in [1.807, 2.05) is 25.1 Å². The summed E-state index contributed by atoms with van der Waals surface area (Å²) in [4.78, 5) is 27.2. The average Bonchev–Trinajstić information content (AvgIpc) is 2.48. The lowest BCUT2D eigenvalue weighted by molar-refractivity contribution is 0.0952. The maximum atomic E-state index is 11.7. The van der Waals surface area contributed by atoms with Gasteiger partial charge < -0.3 is 16.0 Å². The molecule has 6 heteroatoms. The van der Waals surface area contributed by atoms with Gasteiger partial charge in [0.15, 0.2) is 0 Å². The number of carbonyl (C=O) groups is 2. The van der Waals surface area contributed by atoms with Crippen LogP contribution in [0.5, 0.6) is 0 Å². The first-order valence-electron chi connectivity index (χ1n) is 6.45. The molecule has 0 bridgehead atoms. The molecule has 108 valence electrons. The van der Waals surface area contributed by atoms with Gasteiger partial charge in [-0.15, -0.1) is 0 Å². The number of anilines is 1. The standard InChI is InChI=1S/C15H16N4O2/c1-11-4-2-6-13(8-11)19-15(21)18-10-17-14(20)12-5-3-7-16-9-12/h2-9H,10H2,1H3,(H,17,20)(H2,18,19,21). The molecule has 2 aromatic rings. The molecule has 0 radical (unpaired) electrons. The van der Waals surface area contributed by atoms with E-state index in [2.05, 4.69) is 20.9 Å². The first-order chi connectivity index (χ1) is 10.1. The normalized spacial score (nSPS) is 9.76. The van der Waals surface area contributed by atoms with Gasteiger partial charge >= 0.3 is 6.03 Å². The second-order valence-corrected chi connectivity index (χ2v) is 4.42. The molecular weight excluding hydrogens is 268 g/mol. The van der Waals surface area contributed by atoms with E-state index < -0.39 is 0 Å². The number of nitrogens with zero attached hydrogens (tertiary/aromatic N) is 1. The summed E-state index contributed by atoms with van der Waals surface area (Å²) in [6.45, 7) is 1.97. The zero-order chi connectivity index (χ0) is 15.1. The second-order valence-electron chi connectivity index (χ2n) is 4.42. The smallest absolute Gasteiger partial charge is 0.320 e. The molecule has 0 aliphatic carbocycles. The van der Waals surface area contributed by atoms with Crippen molar-refractivity contribution in [2.24, 2.45) is 0 Å². The molecule has 0 saturated heterocycles. The molecule has 21 heavy (non-hydrogen) atoms. The van der Waals surface area contributed by atoms with Crippen molar-refractivity contribution in [3.63, 3.8) is 0 Å². The van der Waals surface area contributed by atoms with Crippen molar-refractivity contribution in [2.45, 2.75) is 6.92 Å². The van der Waals surface area contributed by atoms with Crippen LogP contribution in [0.1, 0.15) is 15.9 Å². The summed E-state index contributed by atoms with van der Waals surface area (Å²) in [7, 11) is 0. The molecular formula is C15H16N4O2. The summed E-state index contributed by atoms with van der Waals surface area (Å²) >= 11 is 0. The Labute approximate surface area is 122 Å². The molecule has 3 N–H and O–H groups in total. The molecule has 0 fully saturated rings. The quantitative estimate of drug-likeness (QED) is 0.750. The Morgan fingerprint density at radius 1 is 1.14 bits per heavy atom. The van der Waals surface area contributed by atoms with Crippen molar-refractivity contribution >= 4 is 17.6 Å². The maximum absolute atomic E-state index is 11.7. The molecule has 1 heterocycles. The Bertz CT molecular complexity index is 629. The Kier molecular flexibility index (Phi) is 4.87. The number of hydrogen-bond acceptors (Lipinski definition) is 3. The number of urea groups is 1. The molecule has 0 aliphatic rings. The third kappa shape index (κ3) is 4.61. The number of aromatic nitrogens is 1. The van der Waals surface area contributed by atoms with Gasteiger partial charge in [-0.05, 0) is 36.8 Å². The Balaban J connectivity index is 1.76. The number of benzene rings is 1. The minimum atomic E-state index is -0.382. The summed E-state index contributed by atoms with van der Waals surface area (Å²) in [6, 6.07) is 10.4. The summed E-state index contributed by atoms with van der Waals surface area (Å²) in [6.07, 6.45) is 3.05. The third-order valence-corrected chi connectivity index (χ3v) is 2.70. The summed E-state index contributed by atoms with van der Waals surface area (Å²) in [5, 5.41) is 7.81. The molecule has 6 nitrogen and oxygen atoms in total. The number of pyridine rings is 1. The van der Waals surface area contributed by atoms with Gasteiger partial charge in [0.1, 0.15) is 0 Å². The van der Waals surface area contributed by atoms with Crippen LogP contribution in [-0.4, -0.2) is 23.6 Å². The fraction of sp³-hybridized carbons (Fsp3) is 0.133. The molecule has 0 unspecified atom stereocenters. The molecule has 2 rings (SSSR count). The van der Waals surface area contributed by atoms with Crippen LogP contribution in [0.3, 0.4) is 0 Å². The minimum absolute atomic E-state index is 0.0331. The van der Waals surface area contributed by atoms with Crippen molar-refractivity contribution < 1.29 is 9.59 Å². The number of carbonyl (C=O) groups excluding carboxylic acids is 2. The van der Waals surface area contributed by atoms with Crippen molar-refractivity contribution in [1.82, 2.24) is 15.6 Å². The monoisotopic (exact) mass is 284 g/mol. The van der Waals surface area contributed by atoms with Crippen LogP contribution >= 0.6 is 0 Å². The zero-order valence-corrected chi connectivity index (χ0v) is 11.6. The van der Waals surface area contributed by atoms with E-state index in [-0.39, 0.29) is 18.6 Å². The molecule has 3 amide bonds. The lowest BCUT2D eigenvalue weighted by Crippen LogP contribution is -2.39. The van der Waals surface area contributed by atoms with E-state index in [0.717, 1.165) is 5.56 Å². The van der Waals surface area contributed by atoms with Gasteiger partial charge in [-0.25, -0.2) is 4.79 Å². The Morgan fingerprint density at radius 2 is 2.00 bits per heavy atom. The van der Waals surface area contributed by atoms with Gasteiger partial charge in [0.05, 0.1) is 12.2 Å². The fourth-order valence-corrected chi connectivity index (χ4v) is 1.70. The predicted octanol–water partition coefficient (Wildman–Crippen LogP) is 1.90. The first-order valence-corrected chi connectivity index (χ1v) is 6.45. The van der Waals surface area contributed by atoms with Crippen molar-refractivity contribution in [3.05, 3.63) is 59.9 Å². The predicted molar refractivity (Wildman–Crippen MR) is 79.9 cm³/mol. The number of aryl methyl sites for hydroxylation is 1. The van der Waals surface area contributed by atoms with Crippen LogP contribution in [-0.2, 0) is 0 Å². The summed E-state index contributed by atoms with van der Waals surface area (Å²) in [5.41, 5.74) is 2.20. The molecule has 0 saturated carbocycles. The largest absolute Gasteiger partial charge is 0.335 e. The van der Waals surface area contributed by atoms with Crippen LogP contribution in [0.25, 0.3) is 0 Å². The zero-order valence-electron chi connectivity index (χ0n) is 11.6. The fourth-order valence-electron chi connectivity index (χ4n) is 1.70. The number of amides is 3. The van der Waals surface area contributed by atoms with Gasteiger partial charge in [-0.2, -0.15) is 0 Å². The highest BCUT2D eigenvalue weighted by Crippen LogP contribution is 2.08. The summed E-state index contributed by atoms with van der Waals surface area (Å²) in [5.74, 6) is -0.293. The van der Waals surface area contributed by atoms with Crippen molar-refractivity contribution in [3.8, 4) is 0 Å². The van der Waals surface area contributed by atoms with E-state index in [4.69, 9.17) is 0 Å². The average molecular weight is 284 g/mol. The minimum Gasteiger partial charge on any atom is -0.335 e. The lowest BCUT2D eigenvalue weighted by atomic mass is 10.2. The van der Waals surface area contributed by atoms with E-state index >= 15 is 0 Å². The van der Waals surface area contributed by atoms with Crippen LogP contribution in [0, 0.1) is 6.92 Å².